The first-order chi connectivity index (χ1) is 10.6. The fraction of sp³-hybridized carbons (Fsp3) is 0.562. The summed E-state index contributed by atoms with van der Waals surface area (Å²) in [7, 11) is 1.64. The van der Waals surface area contributed by atoms with Crippen molar-refractivity contribution in [2.45, 2.75) is 19.4 Å². The third-order valence-electron chi connectivity index (χ3n) is 3.97. The summed E-state index contributed by atoms with van der Waals surface area (Å²) in [6.07, 6.45) is 1.95. The molecule has 1 fully saturated rings. The average Bonchev–Trinajstić information content (AvgIpc) is 2.55. The molecule has 0 aromatic heterocycles. The zero-order chi connectivity index (χ0) is 15.9. The number of hydrogen-bond acceptors (Lipinski definition) is 4. The van der Waals surface area contributed by atoms with E-state index in [1.165, 1.54) is 0 Å². The molecule has 0 spiro atoms. The lowest BCUT2D eigenvalue weighted by Crippen LogP contribution is -2.43. The number of rotatable bonds is 6. The molecule has 0 radical (unpaired) electrons. The van der Waals surface area contributed by atoms with Crippen LogP contribution in [0.5, 0.6) is 5.75 Å². The van der Waals surface area contributed by atoms with Gasteiger partial charge in [-0.05, 0) is 43.1 Å². The van der Waals surface area contributed by atoms with Crippen LogP contribution in [0.1, 0.15) is 18.4 Å². The average molecular weight is 362 g/mol. The van der Waals surface area contributed by atoms with Crippen LogP contribution >= 0.6 is 24.0 Å². The first-order valence-corrected chi connectivity index (χ1v) is 8.04. The molecule has 5 nitrogen and oxygen atoms in total. The molecular formula is C16H25Cl2N3O2. The zero-order valence-corrected chi connectivity index (χ0v) is 15.0. The van der Waals surface area contributed by atoms with Gasteiger partial charge in [0.1, 0.15) is 5.75 Å². The molecule has 3 N–H and O–H groups in total. The first kappa shape index (κ1) is 20.0. The van der Waals surface area contributed by atoms with Gasteiger partial charge in [-0.1, -0.05) is 11.6 Å². The van der Waals surface area contributed by atoms with Crippen LogP contribution in [-0.2, 0) is 11.3 Å². The zero-order valence-electron chi connectivity index (χ0n) is 13.4. The number of benzene rings is 1. The summed E-state index contributed by atoms with van der Waals surface area (Å²) < 4.78 is 5.25. The minimum absolute atomic E-state index is 0. The second-order valence-electron chi connectivity index (χ2n) is 5.61. The summed E-state index contributed by atoms with van der Waals surface area (Å²) in [6.45, 7) is 3.48. The molecular weight excluding hydrogens is 337 g/mol. The van der Waals surface area contributed by atoms with Crippen LogP contribution < -0.4 is 15.8 Å². The molecule has 0 saturated carbocycles. The van der Waals surface area contributed by atoms with Crippen molar-refractivity contribution in [3.8, 4) is 5.75 Å². The number of hydrogen-bond donors (Lipinski definition) is 2. The van der Waals surface area contributed by atoms with E-state index in [2.05, 4.69) is 10.2 Å². The van der Waals surface area contributed by atoms with Gasteiger partial charge in [-0.2, -0.15) is 0 Å². The maximum atomic E-state index is 12.1. The van der Waals surface area contributed by atoms with Crippen molar-refractivity contribution in [3.05, 3.63) is 28.8 Å². The van der Waals surface area contributed by atoms with Gasteiger partial charge in [0.05, 0.1) is 13.0 Å². The quantitative estimate of drug-likeness (QED) is 0.813. The number of piperidine rings is 1. The van der Waals surface area contributed by atoms with Crippen LogP contribution in [0.3, 0.4) is 0 Å². The first-order valence-electron chi connectivity index (χ1n) is 7.66. The Bertz CT molecular complexity index is 514. The van der Waals surface area contributed by atoms with Crippen molar-refractivity contribution in [2.75, 3.05) is 33.3 Å². The summed E-state index contributed by atoms with van der Waals surface area (Å²) >= 11 is 6.26. The molecule has 0 aliphatic carbocycles. The predicted octanol–water partition coefficient (Wildman–Crippen LogP) is 2.06. The van der Waals surface area contributed by atoms with Gasteiger partial charge in [0.2, 0.25) is 5.91 Å². The highest BCUT2D eigenvalue weighted by Crippen LogP contribution is 2.25. The van der Waals surface area contributed by atoms with E-state index >= 15 is 0 Å². The Balaban J connectivity index is 0.00000264. The number of amides is 1. The number of ether oxygens (including phenoxy) is 1. The van der Waals surface area contributed by atoms with Gasteiger partial charge in [-0.25, -0.2) is 0 Å². The van der Waals surface area contributed by atoms with Gasteiger partial charge < -0.3 is 15.8 Å². The minimum atomic E-state index is 0. The van der Waals surface area contributed by atoms with Crippen LogP contribution in [0.15, 0.2) is 18.2 Å². The number of nitrogens with two attached hydrogens (primary N) is 1. The molecule has 1 aliphatic rings. The van der Waals surface area contributed by atoms with Gasteiger partial charge >= 0.3 is 0 Å². The van der Waals surface area contributed by atoms with Crippen molar-refractivity contribution in [3.63, 3.8) is 0 Å². The van der Waals surface area contributed by atoms with Crippen molar-refractivity contribution in [1.82, 2.24) is 10.2 Å². The third kappa shape index (κ3) is 5.84. The standard InChI is InChI=1S/C16H24ClN3O2.ClH/c1-22-14-4-5-15(17)13(9-14)11-20-8-2-3-12(10-20)16(21)19-7-6-18;/h4-5,9,12H,2-3,6-8,10-11,18H2,1H3,(H,19,21);1H. The van der Waals surface area contributed by atoms with E-state index in [-0.39, 0.29) is 24.2 Å². The van der Waals surface area contributed by atoms with Crippen molar-refractivity contribution in [1.29, 1.82) is 0 Å². The topological polar surface area (TPSA) is 67.6 Å². The molecule has 130 valence electrons. The van der Waals surface area contributed by atoms with E-state index in [4.69, 9.17) is 22.1 Å². The second-order valence-corrected chi connectivity index (χ2v) is 6.02. The van der Waals surface area contributed by atoms with Crippen molar-refractivity contribution in [2.24, 2.45) is 11.7 Å². The van der Waals surface area contributed by atoms with Gasteiger partial charge in [-0.15, -0.1) is 12.4 Å². The molecule has 1 saturated heterocycles. The molecule has 7 heteroatoms. The smallest absolute Gasteiger partial charge is 0.224 e. The summed E-state index contributed by atoms with van der Waals surface area (Å²) in [5.74, 6) is 0.935. The molecule has 1 atom stereocenters. The number of carbonyl (C=O) groups is 1. The van der Waals surface area contributed by atoms with Crippen LogP contribution in [0.25, 0.3) is 0 Å². The Morgan fingerprint density at radius 3 is 3.00 bits per heavy atom. The lowest BCUT2D eigenvalue weighted by atomic mass is 9.96. The Morgan fingerprint density at radius 2 is 2.30 bits per heavy atom. The largest absolute Gasteiger partial charge is 0.497 e. The molecule has 1 aliphatic heterocycles. The van der Waals surface area contributed by atoms with Crippen LogP contribution in [0.2, 0.25) is 5.02 Å². The number of likely N-dealkylation sites (tertiary alicyclic amines) is 1. The molecule has 1 heterocycles. The predicted molar refractivity (Wildman–Crippen MR) is 95.3 cm³/mol. The number of nitrogens with zero attached hydrogens (tertiary/aromatic N) is 1. The van der Waals surface area contributed by atoms with Crippen LogP contribution in [0, 0.1) is 5.92 Å². The SMILES string of the molecule is COc1ccc(Cl)c(CN2CCCC(C(=O)NCCN)C2)c1.Cl. The molecule has 1 aromatic rings. The Kier molecular flexibility index (Phi) is 8.69. The lowest BCUT2D eigenvalue weighted by Gasteiger charge is -2.32. The summed E-state index contributed by atoms with van der Waals surface area (Å²) in [5, 5.41) is 3.61. The molecule has 0 bridgehead atoms. The van der Waals surface area contributed by atoms with E-state index < -0.39 is 0 Å². The number of halogens is 2. The van der Waals surface area contributed by atoms with E-state index in [0.717, 1.165) is 48.8 Å². The lowest BCUT2D eigenvalue weighted by molar-refractivity contribution is -0.126. The Morgan fingerprint density at radius 1 is 1.52 bits per heavy atom. The monoisotopic (exact) mass is 361 g/mol. The third-order valence-corrected chi connectivity index (χ3v) is 4.34. The molecule has 1 amide bonds. The van der Waals surface area contributed by atoms with Gasteiger partial charge in [0, 0.05) is 31.2 Å². The number of carbonyl (C=O) groups excluding carboxylic acids is 1. The van der Waals surface area contributed by atoms with Gasteiger partial charge in [-0.3, -0.25) is 9.69 Å². The maximum Gasteiger partial charge on any atom is 0.224 e. The fourth-order valence-electron chi connectivity index (χ4n) is 2.79. The number of nitrogens with one attached hydrogen (secondary N) is 1. The van der Waals surface area contributed by atoms with Crippen LogP contribution in [0.4, 0.5) is 0 Å². The van der Waals surface area contributed by atoms with E-state index in [0.29, 0.717) is 13.1 Å². The van der Waals surface area contributed by atoms with E-state index in [1.807, 2.05) is 18.2 Å². The Hall–Kier alpha value is -1.01. The summed E-state index contributed by atoms with van der Waals surface area (Å²) in [5.41, 5.74) is 6.46. The van der Waals surface area contributed by atoms with E-state index in [1.54, 1.807) is 7.11 Å². The van der Waals surface area contributed by atoms with Crippen molar-refractivity contribution >= 4 is 29.9 Å². The van der Waals surface area contributed by atoms with Crippen molar-refractivity contribution < 1.29 is 9.53 Å². The van der Waals surface area contributed by atoms with Gasteiger partial charge in [0.15, 0.2) is 0 Å². The Labute approximate surface area is 148 Å². The summed E-state index contributed by atoms with van der Waals surface area (Å²) in [4.78, 5) is 14.4. The normalized spacial score (nSPS) is 18.1. The molecule has 23 heavy (non-hydrogen) atoms. The molecule has 2 rings (SSSR count). The highest BCUT2D eigenvalue weighted by Gasteiger charge is 2.25. The second kappa shape index (κ2) is 9.98. The van der Waals surface area contributed by atoms with Crippen LogP contribution in [-0.4, -0.2) is 44.1 Å². The van der Waals surface area contributed by atoms with Gasteiger partial charge in [0.25, 0.3) is 0 Å². The highest BCUT2D eigenvalue weighted by atomic mass is 35.5. The molecule has 1 aromatic carbocycles. The van der Waals surface area contributed by atoms with E-state index in [9.17, 15) is 4.79 Å². The molecule has 1 unspecified atom stereocenters. The fourth-order valence-corrected chi connectivity index (χ4v) is 2.97. The summed E-state index contributed by atoms with van der Waals surface area (Å²) in [6, 6.07) is 5.66. The maximum absolute atomic E-state index is 12.1. The number of methoxy groups -OCH3 is 1. The minimum Gasteiger partial charge on any atom is -0.497 e. The highest BCUT2D eigenvalue weighted by molar-refractivity contribution is 6.31.